The lowest BCUT2D eigenvalue weighted by Crippen LogP contribution is -2.75. The minimum absolute atomic E-state index is 0.381. The normalized spacial score (nSPS) is 16.8. The van der Waals surface area contributed by atoms with Gasteiger partial charge in [-0.25, -0.2) is 17.5 Å². The summed E-state index contributed by atoms with van der Waals surface area (Å²) in [6.45, 7) is -3.23. The van der Waals surface area contributed by atoms with Crippen LogP contribution in [0, 0.1) is 0 Å². The van der Waals surface area contributed by atoms with Gasteiger partial charge in [-0.1, -0.05) is 6.92 Å². The van der Waals surface area contributed by atoms with Gasteiger partial charge in [0.15, 0.2) is 0 Å². The second kappa shape index (κ2) is 10.3. The second-order valence-corrected chi connectivity index (χ2v) is 10.3. The van der Waals surface area contributed by atoms with Crippen LogP contribution in [0.2, 0.25) is 0 Å². The quantitative estimate of drug-likeness (QED) is 0.140. The van der Waals surface area contributed by atoms with Gasteiger partial charge in [0.1, 0.15) is 0 Å². The molecule has 42 heavy (non-hydrogen) atoms. The predicted molar refractivity (Wildman–Crippen MR) is 85.0 cm³/mol. The van der Waals surface area contributed by atoms with E-state index in [0.29, 0.717) is 0 Å². The molecule has 0 heterocycles. The van der Waals surface area contributed by atoms with Gasteiger partial charge < -0.3 is 9.79 Å². The van der Waals surface area contributed by atoms with Gasteiger partial charge in [0.2, 0.25) is 0 Å². The van der Waals surface area contributed by atoms with Crippen LogP contribution in [0.3, 0.4) is 0 Å². The first-order valence-corrected chi connectivity index (χ1v) is 11.9. The average molecular weight is 723 g/mol. The molecule has 0 radical (unpaired) electrons. The molecule has 0 aliphatic carbocycles. The van der Waals surface area contributed by atoms with Gasteiger partial charge in [-0.3, -0.25) is 0 Å². The number of phosphoric acid groups is 1. The monoisotopic (exact) mass is 723 g/mol. The molecule has 7 nitrogen and oxygen atoms in total. The lowest BCUT2D eigenvalue weighted by Gasteiger charge is -2.43. The second-order valence-electron chi connectivity index (χ2n) is 7.27. The molecule has 254 valence electrons. The van der Waals surface area contributed by atoms with Crippen molar-refractivity contribution in [2.24, 2.45) is 0 Å². The van der Waals surface area contributed by atoms with Gasteiger partial charge in [0.05, 0.1) is 0 Å². The van der Waals surface area contributed by atoms with Crippen molar-refractivity contribution in [2.45, 2.75) is 66.0 Å². The lowest BCUT2D eigenvalue weighted by atomic mass is 9.91. The van der Waals surface area contributed by atoms with Crippen LogP contribution in [0.1, 0.15) is 6.92 Å². The molecule has 0 atom stereocenters. The largest absolute Gasteiger partial charge is 0.474 e. The number of hydrogen-bond acceptors (Lipinski definition) is 4. The topological polar surface area (TPSA) is 104 Å². The van der Waals surface area contributed by atoms with Gasteiger partial charge in [-0.2, -0.15) is 92.2 Å². The van der Waals surface area contributed by atoms with Crippen molar-refractivity contribution >= 4 is 17.8 Å². The highest BCUT2D eigenvalue weighted by molar-refractivity contribution is 7.90. The number of rotatable bonds is 13. The fourth-order valence-electron chi connectivity index (χ4n) is 2.32. The number of nitrogens with zero attached hydrogens (tertiary/aromatic N) is 1. The molecule has 0 aromatic rings. The molecule has 0 spiro atoms. The number of sulfonamides is 1. The third-order valence-electron chi connectivity index (χ3n) is 4.49. The molecule has 0 aliphatic heterocycles. The molecule has 30 heteroatoms. The summed E-state index contributed by atoms with van der Waals surface area (Å²) in [7, 11) is -15.9. The first-order valence-electron chi connectivity index (χ1n) is 8.90. The Balaban J connectivity index is 7.35. The van der Waals surface area contributed by atoms with Gasteiger partial charge >= 0.3 is 66.9 Å². The lowest BCUT2D eigenvalue weighted by molar-refractivity contribution is -0.458. The van der Waals surface area contributed by atoms with Crippen LogP contribution in [0.4, 0.5) is 92.2 Å². The van der Waals surface area contributed by atoms with Crippen LogP contribution in [-0.2, 0) is 19.1 Å². The number of hydrogen-bond donors (Lipinski definition) is 2. The van der Waals surface area contributed by atoms with E-state index in [2.05, 4.69) is 4.52 Å². The maximum atomic E-state index is 14.1. The Morgan fingerprint density at radius 3 is 1.14 bits per heavy atom. The van der Waals surface area contributed by atoms with Crippen molar-refractivity contribution in [3.63, 3.8) is 0 Å². The van der Waals surface area contributed by atoms with E-state index in [0.717, 1.165) is 0 Å². The molecular formula is C12H7F21NO6PS. The van der Waals surface area contributed by atoms with Crippen LogP contribution in [0.5, 0.6) is 0 Å². The van der Waals surface area contributed by atoms with E-state index < -0.39 is 87.8 Å². The third kappa shape index (κ3) is 5.48. The summed E-state index contributed by atoms with van der Waals surface area (Å²) >= 11 is 0. The Hall–Kier alpha value is -1.45. The Morgan fingerprint density at radius 1 is 0.595 bits per heavy atom. The molecule has 0 fully saturated rings. The molecule has 0 aromatic carbocycles. The number of alkyl halides is 21. The molecule has 0 aliphatic rings. The molecule has 0 aromatic heterocycles. The van der Waals surface area contributed by atoms with Gasteiger partial charge in [-0.05, 0) is 0 Å². The highest BCUT2D eigenvalue weighted by Crippen LogP contribution is 2.65. The van der Waals surface area contributed by atoms with E-state index in [1.807, 2.05) is 0 Å². The summed E-state index contributed by atoms with van der Waals surface area (Å²) in [6.07, 6.45) is -15.3. The summed E-state index contributed by atoms with van der Waals surface area (Å²) in [5, 5.41) is -8.65. The standard InChI is InChI=1S/C12H7F21NO6PS/c1-2-34(10(28,29)11(30,31)40-41(35,36)37)42(38,39)12(32,33)8(23,24)6(19,20)4(15,16)3(13,14)5(17,18)7(21,22)9(25,26)27/h2H2,1H3,(H2,35,36,37). The van der Waals surface area contributed by atoms with Crippen LogP contribution in [0.15, 0.2) is 0 Å². The van der Waals surface area contributed by atoms with Gasteiger partial charge in [0, 0.05) is 6.54 Å². The van der Waals surface area contributed by atoms with Crippen molar-refractivity contribution in [2.75, 3.05) is 6.54 Å². The van der Waals surface area contributed by atoms with Crippen LogP contribution in [-0.4, -0.2) is 88.2 Å². The molecule has 0 amide bonds. The fraction of sp³-hybridized carbons (Fsp3) is 1.00. The first kappa shape index (κ1) is 40.5. The van der Waals surface area contributed by atoms with E-state index in [1.54, 1.807) is 0 Å². The zero-order valence-electron chi connectivity index (χ0n) is 18.5. The van der Waals surface area contributed by atoms with Crippen LogP contribution >= 0.6 is 7.82 Å². The average Bonchev–Trinajstić information content (AvgIpc) is 2.69. The minimum Gasteiger partial charge on any atom is -0.303 e. The van der Waals surface area contributed by atoms with Crippen molar-refractivity contribution in [3.8, 4) is 0 Å². The van der Waals surface area contributed by atoms with Gasteiger partial charge in [0.25, 0.3) is 10.0 Å². The number of likely N-dealkylation sites (N-methyl/N-ethyl adjacent to an activating group) is 1. The van der Waals surface area contributed by atoms with Crippen molar-refractivity contribution in [1.82, 2.24) is 4.31 Å². The first-order chi connectivity index (χ1) is 17.6. The highest BCUT2D eigenvalue weighted by atomic mass is 32.2. The maximum absolute atomic E-state index is 14.1. The summed E-state index contributed by atoms with van der Waals surface area (Å²) in [5.74, 6) is -54.5. The van der Waals surface area contributed by atoms with E-state index in [-0.39, 0.29) is 6.92 Å². The van der Waals surface area contributed by atoms with Crippen molar-refractivity contribution < 1.29 is 119 Å². The number of phosphoric ester groups is 1. The van der Waals surface area contributed by atoms with Crippen molar-refractivity contribution in [1.29, 1.82) is 0 Å². The van der Waals surface area contributed by atoms with Gasteiger partial charge in [-0.15, -0.1) is 4.31 Å². The summed E-state index contributed by atoms with van der Waals surface area (Å²) < 4.78 is 313. The molecule has 0 bridgehead atoms. The molecule has 0 saturated heterocycles. The Bertz CT molecular complexity index is 1160. The summed E-state index contributed by atoms with van der Waals surface area (Å²) in [5.41, 5.74) is 0. The van der Waals surface area contributed by atoms with E-state index in [4.69, 9.17) is 9.79 Å². The molecular weight excluding hydrogens is 716 g/mol. The predicted octanol–water partition coefficient (Wildman–Crippen LogP) is 5.90. The number of halogens is 21. The Kier molecular flexibility index (Phi) is 9.94. The maximum Gasteiger partial charge on any atom is 0.474 e. The zero-order valence-corrected chi connectivity index (χ0v) is 20.2. The third-order valence-corrected chi connectivity index (χ3v) is 6.93. The molecule has 2 N–H and O–H groups in total. The smallest absolute Gasteiger partial charge is 0.303 e. The molecule has 0 saturated carbocycles. The Morgan fingerprint density at radius 2 is 0.881 bits per heavy atom. The van der Waals surface area contributed by atoms with Crippen molar-refractivity contribution in [3.05, 3.63) is 0 Å². The fourth-order valence-corrected chi connectivity index (χ4v) is 4.20. The Labute approximate surface area is 215 Å². The van der Waals surface area contributed by atoms with Crippen LogP contribution < -0.4 is 0 Å². The van der Waals surface area contributed by atoms with E-state index >= 15 is 0 Å². The minimum atomic E-state index is -9.33. The van der Waals surface area contributed by atoms with Crippen LogP contribution in [0.25, 0.3) is 0 Å². The zero-order chi connectivity index (χ0) is 35.0. The molecule has 0 rings (SSSR count). The van der Waals surface area contributed by atoms with E-state index in [9.17, 15) is 105 Å². The molecule has 0 unspecified atom stereocenters. The summed E-state index contributed by atoms with van der Waals surface area (Å²) in [6, 6.07) is -7.36. The summed E-state index contributed by atoms with van der Waals surface area (Å²) in [4.78, 5) is 16.2. The SMILES string of the molecule is CCN(C(F)(F)C(F)(F)OP(=O)(O)O)S(=O)(=O)C(F)(F)C(F)(F)C(F)(F)C(F)(F)C(F)(F)C(F)(F)C(F)(F)C(F)(F)F. The van der Waals surface area contributed by atoms with E-state index in [1.165, 1.54) is 0 Å². The highest BCUT2D eigenvalue weighted by Gasteiger charge is 2.96.